The molecule has 1 aromatic carbocycles. The lowest BCUT2D eigenvalue weighted by molar-refractivity contribution is 0.321. The van der Waals surface area contributed by atoms with Crippen LogP contribution in [0.4, 0.5) is 10.2 Å². The minimum absolute atomic E-state index is 0.251. The van der Waals surface area contributed by atoms with E-state index >= 15 is 0 Å². The maximum atomic E-state index is 13.8. The highest BCUT2D eigenvalue weighted by atomic mass is 19.1. The van der Waals surface area contributed by atoms with Gasteiger partial charge in [-0.1, -0.05) is 6.07 Å². The molecule has 0 atom stereocenters. The number of nitrogens with zero attached hydrogens (tertiary/aromatic N) is 2. The summed E-state index contributed by atoms with van der Waals surface area (Å²) in [5.41, 5.74) is 8.21. The van der Waals surface area contributed by atoms with Gasteiger partial charge in [0, 0.05) is 18.3 Å². The first kappa shape index (κ1) is 12.4. The van der Waals surface area contributed by atoms with Crippen LogP contribution in [0, 0.1) is 12.7 Å². The Hall–Kier alpha value is -2.04. The van der Waals surface area contributed by atoms with Gasteiger partial charge in [-0.05, 0) is 31.5 Å². The maximum Gasteiger partial charge on any atom is 0.165 e. The molecule has 0 aliphatic carbocycles. The summed E-state index contributed by atoms with van der Waals surface area (Å²) >= 11 is 0. The summed E-state index contributed by atoms with van der Waals surface area (Å²) in [5, 5.41) is 4.12. The molecule has 96 valence electrons. The van der Waals surface area contributed by atoms with Crippen LogP contribution < -0.4 is 10.5 Å². The van der Waals surface area contributed by atoms with Crippen LogP contribution >= 0.6 is 0 Å². The van der Waals surface area contributed by atoms with Gasteiger partial charge in [0.1, 0.15) is 0 Å². The molecule has 0 spiro atoms. The highest BCUT2D eigenvalue weighted by molar-refractivity contribution is 5.76. The van der Waals surface area contributed by atoms with Gasteiger partial charge < -0.3 is 10.5 Å². The molecule has 0 bridgehead atoms. The average Bonchev–Trinajstić information content (AvgIpc) is 2.56. The van der Waals surface area contributed by atoms with Crippen molar-refractivity contribution in [2.45, 2.75) is 13.8 Å². The van der Waals surface area contributed by atoms with Gasteiger partial charge in [0.25, 0.3) is 0 Å². The van der Waals surface area contributed by atoms with E-state index in [1.807, 2.05) is 13.8 Å². The van der Waals surface area contributed by atoms with Crippen molar-refractivity contribution in [2.24, 2.45) is 7.05 Å². The van der Waals surface area contributed by atoms with Crippen molar-refractivity contribution in [2.75, 3.05) is 12.3 Å². The number of rotatable bonds is 3. The number of halogens is 1. The highest BCUT2D eigenvalue weighted by Gasteiger charge is 2.14. The SMILES string of the molecule is CCOc1ccc(-c2c(N)nn(C)c2C)cc1F. The molecule has 5 heteroatoms. The average molecular weight is 249 g/mol. The zero-order valence-electron chi connectivity index (χ0n) is 10.7. The largest absolute Gasteiger partial charge is 0.491 e. The summed E-state index contributed by atoms with van der Waals surface area (Å²) in [6.07, 6.45) is 0. The zero-order chi connectivity index (χ0) is 13.3. The van der Waals surface area contributed by atoms with Crippen LogP contribution in [0.25, 0.3) is 11.1 Å². The van der Waals surface area contributed by atoms with Gasteiger partial charge in [-0.2, -0.15) is 5.10 Å². The first-order chi connectivity index (χ1) is 8.54. The number of ether oxygens (including phenoxy) is 1. The zero-order valence-corrected chi connectivity index (χ0v) is 10.7. The van der Waals surface area contributed by atoms with E-state index in [-0.39, 0.29) is 5.75 Å². The van der Waals surface area contributed by atoms with E-state index in [1.165, 1.54) is 6.07 Å². The molecule has 2 aromatic rings. The number of aryl methyl sites for hydroxylation is 1. The second-order valence-corrected chi connectivity index (χ2v) is 4.05. The Morgan fingerprint density at radius 1 is 1.44 bits per heavy atom. The van der Waals surface area contributed by atoms with E-state index in [0.717, 1.165) is 11.3 Å². The Morgan fingerprint density at radius 2 is 2.17 bits per heavy atom. The fourth-order valence-electron chi connectivity index (χ4n) is 1.92. The Morgan fingerprint density at radius 3 is 2.67 bits per heavy atom. The number of anilines is 1. The molecule has 1 heterocycles. The Balaban J connectivity index is 2.49. The van der Waals surface area contributed by atoms with E-state index < -0.39 is 5.82 Å². The smallest absolute Gasteiger partial charge is 0.165 e. The van der Waals surface area contributed by atoms with Gasteiger partial charge in [0.2, 0.25) is 0 Å². The number of hydrogen-bond donors (Lipinski definition) is 1. The summed E-state index contributed by atoms with van der Waals surface area (Å²) in [6.45, 7) is 4.15. The van der Waals surface area contributed by atoms with Crippen molar-refractivity contribution in [1.82, 2.24) is 9.78 Å². The molecule has 2 N–H and O–H groups in total. The predicted octanol–water partition coefficient (Wildman–Crippen LogP) is 2.52. The third-order valence-electron chi connectivity index (χ3n) is 2.88. The molecule has 0 radical (unpaired) electrons. The van der Waals surface area contributed by atoms with Crippen molar-refractivity contribution in [3.8, 4) is 16.9 Å². The molecule has 4 nitrogen and oxygen atoms in total. The molecule has 0 unspecified atom stereocenters. The molecule has 0 aliphatic rings. The molecule has 0 saturated heterocycles. The number of nitrogen functional groups attached to an aromatic ring is 1. The molecular formula is C13H16FN3O. The third kappa shape index (κ3) is 2.03. The minimum Gasteiger partial charge on any atom is -0.491 e. The first-order valence-electron chi connectivity index (χ1n) is 5.76. The topological polar surface area (TPSA) is 53.1 Å². The van der Waals surface area contributed by atoms with Crippen LogP contribution in [-0.2, 0) is 7.05 Å². The van der Waals surface area contributed by atoms with Crippen LogP contribution in [-0.4, -0.2) is 16.4 Å². The lowest BCUT2D eigenvalue weighted by atomic mass is 10.1. The van der Waals surface area contributed by atoms with Crippen LogP contribution in [0.3, 0.4) is 0 Å². The molecule has 18 heavy (non-hydrogen) atoms. The fraction of sp³-hybridized carbons (Fsp3) is 0.308. The van der Waals surface area contributed by atoms with E-state index in [1.54, 1.807) is 23.9 Å². The Bertz CT molecular complexity index is 578. The van der Waals surface area contributed by atoms with Gasteiger partial charge in [-0.15, -0.1) is 0 Å². The summed E-state index contributed by atoms with van der Waals surface area (Å²) < 4.78 is 20.6. The van der Waals surface area contributed by atoms with Crippen LogP contribution in [0.2, 0.25) is 0 Å². The van der Waals surface area contributed by atoms with Gasteiger partial charge in [0.15, 0.2) is 17.4 Å². The number of nitrogens with two attached hydrogens (primary N) is 1. The Labute approximate surface area is 105 Å². The van der Waals surface area contributed by atoms with Gasteiger partial charge in [-0.3, -0.25) is 4.68 Å². The maximum absolute atomic E-state index is 13.8. The first-order valence-corrected chi connectivity index (χ1v) is 5.76. The van der Waals surface area contributed by atoms with E-state index in [0.29, 0.717) is 18.0 Å². The molecular weight excluding hydrogens is 233 g/mol. The van der Waals surface area contributed by atoms with Crippen LogP contribution in [0.1, 0.15) is 12.6 Å². The lowest BCUT2D eigenvalue weighted by Gasteiger charge is -2.07. The second kappa shape index (κ2) is 4.68. The van der Waals surface area contributed by atoms with Crippen LogP contribution in [0.15, 0.2) is 18.2 Å². The van der Waals surface area contributed by atoms with Crippen molar-refractivity contribution in [3.05, 3.63) is 29.7 Å². The monoisotopic (exact) mass is 249 g/mol. The van der Waals surface area contributed by atoms with E-state index in [2.05, 4.69) is 5.10 Å². The minimum atomic E-state index is -0.392. The van der Waals surface area contributed by atoms with E-state index in [4.69, 9.17) is 10.5 Å². The summed E-state index contributed by atoms with van der Waals surface area (Å²) in [5.74, 6) is 0.261. The molecule has 1 aromatic heterocycles. The molecule has 0 amide bonds. The molecule has 0 aliphatic heterocycles. The second-order valence-electron chi connectivity index (χ2n) is 4.05. The normalized spacial score (nSPS) is 10.7. The standard InChI is InChI=1S/C13H16FN3O/c1-4-18-11-6-5-9(7-10(11)14)12-8(2)17(3)16-13(12)15/h5-7H,4H2,1-3H3,(H2,15,16). The fourth-order valence-corrected chi connectivity index (χ4v) is 1.92. The van der Waals surface area contributed by atoms with Gasteiger partial charge in [-0.25, -0.2) is 4.39 Å². The van der Waals surface area contributed by atoms with Crippen LogP contribution in [0.5, 0.6) is 5.75 Å². The molecule has 0 fully saturated rings. The summed E-state index contributed by atoms with van der Waals surface area (Å²) in [7, 11) is 1.81. The van der Waals surface area contributed by atoms with Crippen molar-refractivity contribution in [3.63, 3.8) is 0 Å². The van der Waals surface area contributed by atoms with Gasteiger partial charge in [0.05, 0.1) is 6.61 Å². The quantitative estimate of drug-likeness (QED) is 0.909. The lowest BCUT2D eigenvalue weighted by Crippen LogP contribution is -1.95. The van der Waals surface area contributed by atoms with Crippen molar-refractivity contribution in [1.29, 1.82) is 0 Å². The highest BCUT2D eigenvalue weighted by Crippen LogP contribution is 2.31. The molecule has 0 saturated carbocycles. The predicted molar refractivity (Wildman–Crippen MR) is 68.9 cm³/mol. The van der Waals surface area contributed by atoms with Crippen molar-refractivity contribution >= 4 is 5.82 Å². The number of hydrogen-bond acceptors (Lipinski definition) is 3. The Kier molecular flexibility index (Phi) is 3.23. The summed E-state index contributed by atoms with van der Waals surface area (Å²) in [6, 6.07) is 4.82. The third-order valence-corrected chi connectivity index (χ3v) is 2.88. The number of benzene rings is 1. The van der Waals surface area contributed by atoms with E-state index in [9.17, 15) is 4.39 Å². The van der Waals surface area contributed by atoms with Crippen molar-refractivity contribution < 1.29 is 9.13 Å². The number of aromatic nitrogens is 2. The summed E-state index contributed by atoms with van der Waals surface area (Å²) in [4.78, 5) is 0. The van der Waals surface area contributed by atoms with Gasteiger partial charge >= 0.3 is 0 Å². The molecule has 2 rings (SSSR count).